The van der Waals surface area contributed by atoms with Crippen LogP contribution in [0, 0.1) is 6.92 Å². The molecule has 2 aliphatic rings. The first kappa shape index (κ1) is 17.5. The van der Waals surface area contributed by atoms with E-state index in [1.807, 2.05) is 30.5 Å². The maximum Gasteiger partial charge on any atom is 0.262 e. The van der Waals surface area contributed by atoms with Gasteiger partial charge in [-0.15, -0.1) is 0 Å². The molecule has 26 heavy (non-hydrogen) atoms. The normalized spacial score (nSPS) is 26.2. The molecule has 0 amide bonds. The zero-order valence-corrected chi connectivity index (χ0v) is 15.9. The van der Waals surface area contributed by atoms with E-state index in [9.17, 15) is 8.42 Å². The van der Waals surface area contributed by atoms with Crippen molar-refractivity contribution in [2.24, 2.45) is 0 Å². The summed E-state index contributed by atoms with van der Waals surface area (Å²) in [6.45, 7) is 4.53. The van der Waals surface area contributed by atoms with E-state index in [2.05, 4.69) is 9.97 Å². The fourth-order valence-electron chi connectivity index (χ4n) is 4.21. The van der Waals surface area contributed by atoms with Gasteiger partial charge in [0, 0.05) is 43.9 Å². The molecule has 0 spiro atoms. The van der Waals surface area contributed by atoms with E-state index in [1.54, 1.807) is 22.9 Å². The molecule has 2 atom stereocenters. The molecule has 2 aromatic heterocycles. The fourth-order valence-corrected chi connectivity index (χ4v) is 6.11. The first-order valence-corrected chi connectivity index (χ1v) is 10.6. The predicted octanol–water partition coefficient (Wildman–Crippen LogP) is 2.37. The Morgan fingerprint density at radius 2 is 2.00 bits per heavy atom. The minimum absolute atomic E-state index is 0.0208. The lowest BCUT2D eigenvalue weighted by atomic mass is 10.0. The van der Waals surface area contributed by atoms with E-state index in [0.717, 1.165) is 24.4 Å². The highest BCUT2D eigenvalue weighted by Crippen LogP contribution is 2.40. The molecular weight excluding hydrogens is 352 g/mol. The number of piperidine rings is 1. The molecule has 7 nitrogen and oxygen atoms in total. The Morgan fingerprint density at radius 1 is 1.27 bits per heavy atom. The molecule has 2 bridgehead atoms. The number of imidazole rings is 1. The summed E-state index contributed by atoms with van der Waals surface area (Å²) in [6, 6.07) is 3.69. The summed E-state index contributed by atoms with van der Waals surface area (Å²) in [4.78, 5) is 8.38. The van der Waals surface area contributed by atoms with Gasteiger partial charge in [-0.2, -0.15) is 4.31 Å². The summed E-state index contributed by atoms with van der Waals surface area (Å²) in [5, 5.41) is 0.167. The van der Waals surface area contributed by atoms with Gasteiger partial charge in [-0.1, -0.05) is 0 Å². The number of aryl methyl sites for hydroxylation is 2. The summed E-state index contributed by atoms with van der Waals surface area (Å²) in [6.07, 6.45) is 8.26. The number of hydrogen-bond donors (Lipinski definition) is 0. The molecule has 140 valence electrons. The van der Waals surface area contributed by atoms with Gasteiger partial charge in [-0.05, 0) is 38.8 Å². The molecule has 4 rings (SSSR count). The lowest BCUT2D eigenvalue weighted by molar-refractivity contribution is 0.0952. The predicted molar refractivity (Wildman–Crippen MR) is 96.4 cm³/mol. The van der Waals surface area contributed by atoms with Crippen LogP contribution in [0.2, 0.25) is 0 Å². The van der Waals surface area contributed by atoms with Gasteiger partial charge in [-0.3, -0.25) is 4.98 Å². The van der Waals surface area contributed by atoms with Crippen molar-refractivity contribution >= 4 is 10.0 Å². The van der Waals surface area contributed by atoms with Crippen molar-refractivity contribution in [2.45, 2.75) is 69.3 Å². The molecule has 0 saturated carbocycles. The average molecular weight is 376 g/mol. The van der Waals surface area contributed by atoms with E-state index < -0.39 is 10.0 Å². The molecular formula is C18H24N4O3S. The van der Waals surface area contributed by atoms with Crippen molar-refractivity contribution in [3.8, 4) is 5.75 Å². The highest BCUT2D eigenvalue weighted by Gasteiger charge is 2.48. The number of nitrogens with zero attached hydrogens (tertiary/aromatic N) is 4. The summed E-state index contributed by atoms with van der Waals surface area (Å²) in [7, 11) is -3.57. The summed E-state index contributed by atoms with van der Waals surface area (Å²) in [5.74, 6) is 1.47. The second kappa shape index (κ2) is 6.66. The number of aromatic nitrogens is 3. The summed E-state index contributed by atoms with van der Waals surface area (Å²) >= 11 is 0. The maximum atomic E-state index is 13.2. The third-order valence-corrected chi connectivity index (χ3v) is 7.27. The number of ether oxygens (including phenoxy) is 1. The molecule has 2 aromatic rings. The molecule has 0 radical (unpaired) electrons. The van der Waals surface area contributed by atoms with Crippen LogP contribution < -0.4 is 4.74 Å². The van der Waals surface area contributed by atoms with Crippen LogP contribution in [0.25, 0.3) is 0 Å². The SMILES string of the molecule is CCn1cc(S(=O)(=O)N2C3CCC2CC(Oc2cccnc2)C3)nc1C. The zero-order valence-electron chi connectivity index (χ0n) is 15.1. The van der Waals surface area contributed by atoms with E-state index in [1.165, 1.54) is 0 Å². The second-order valence-corrected chi connectivity index (χ2v) is 8.82. The zero-order chi connectivity index (χ0) is 18.3. The number of rotatable bonds is 5. The van der Waals surface area contributed by atoms with Gasteiger partial charge in [0.25, 0.3) is 10.0 Å². The summed E-state index contributed by atoms with van der Waals surface area (Å²) < 4.78 is 36.0. The quantitative estimate of drug-likeness (QED) is 0.801. The van der Waals surface area contributed by atoms with Crippen LogP contribution in [0.5, 0.6) is 5.75 Å². The van der Waals surface area contributed by atoms with Gasteiger partial charge in [0.15, 0.2) is 5.03 Å². The Labute approximate surface area is 154 Å². The number of sulfonamides is 1. The monoisotopic (exact) mass is 376 g/mol. The van der Waals surface area contributed by atoms with Crippen LogP contribution in [0.4, 0.5) is 0 Å². The first-order valence-electron chi connectivity index (χ1n) is 9.13. The Balaban J connectivity index is 1.54. The van der Waals surface area contributed by atoms with Crippen molar-refractivity contribution in [3.05, 3.63) is 36.5 Å². The van der Waals surface area contributed by atoms with Crippen molar-refractivity contribution in [1.82, 2.24) is 18.8 Å². The molecule has 4 heterocycles. The van der Waals surface area contributed by atoms with Gasteiger partial charge in [0.05, 0.1) is 6.20 Å². The topological polar surface area (TPSA) is 77.3 Å². The molecule has 8 heteroatoms. The minimum atomic E-state index is -3.57. The van der Waals surface area contributed by atoms with E-state index in [4.69, 9.17) is 4.74 Å². The fraction of sp³-hybridized carbons (Fsp3) is 0.556. The molecule has 0 N–H and O–H groups in total. The van der Waals surface area contributed by atoms with Crippen LogP contribution >= 0.6 is 0 Å². The van der Waals surface area contributed by atoms with Crippen LogP contribution in [-0.2, 0) is 16.6 Å². The largest absolute Gasteiger partial charge is 0.489 e. The highest BCUT2D eigenvalue weighted by molar-refractivity contribution is 7.89. The smallest absolute Gasteiger partial charge is 0.262 e. The number of pyridine rings is 1. The van der Waals surface area contributed by atoms with Gasteiger partial charge in [0.2, 0.25) is 0 Å². The van der Waals surface area contributed by atoms with E-state index in [0.29, 0.717) is 19.4 Å². The van der Waals surface area contributed by atoms with Crippen LogP contribution in [0.15, 0.2) is 35.7 Å². The third kappa shape index (κ3) is 3.01. The lowest BCUT2D eigenvalue weighted by Crippen LogP contribution is -2.49. The highest BCUT2D eigenvalue weighted by atomic mass is 32.2. The van der Waals surface area contributed by atoms with Crippen molar-refractivity contribution in [3.63, 3.8) is 0 Å². The Bertz CT molecular complexity index is 867. The first-order chi connectivity index (χ1) is 12.5. The van der Waals surface area contributed by atoms with Gasteiger partial charge >= 0.3 is 0 Å². The molecule has 2 unspecified atom stereocenters. The molecule has 2 aliphatic heterocycles. The van der Waals surface area contributed by atoms with E-state index in [-0.39, 0.29) is 23.2 Å². The molecule has 2 saturated heterocycles. The van der Waals surface area contributed by atoms with Crippen molar-refractivity contribution in [1.29, 1.82) is 0 Å². The van der Waals surface area contributed by atoms with Crippen LogP contribution in [0.1, 0.15) is 38.4 Å². The minimum Gasteiger partial charge on any atom is -0.489 e. The van der Waals surface area contributed by atoms with Gasteiger partial charge in [0.1, 0.15) is 17.7 Å². The Morgan fingerprint density at radius 3 is 2.58 bits per heavy atom. The maximum absolute atomic E-state index is 13.2. The molecule has 2 fully saturated rings. The van der Waals surface area contributed by atoms with Gasteiger partial charge < -0.3 is 9.30 Å². The van der Waals surface area contributed by atoms with Crippen LogP contribution in [-0.4, -0.2) is 45.4 Å². The van der Waals surface area contributed by atoms with Crippen molar-refractivity contribution in [2.75, 3.05) is 0 Å². The standard InChI is InChI=1S/C18H24N4O3S/c1-3-21-12-18(20-13(21)2)26(23,24)22-14-6-7-15(22)10-17(9-14)25-16-5-4-8-19-11-16/h4-5,8,11-12,14-15,17H,3,6-7,9-10H2,1-2H3. The van der Waals surface area contributed by atoms with Crippen molar-refractivity contribution < 1.29 is 13.2 Å². The third-order valence-electron chi connectivity index (χ3n) is 5.40. The number of hydrogen-bond acceptors (Lipinski definition) is 5. The number of fused-ring (bicyclic) bond motifs is 2. The Hall–Kier alpha value is -1.93. The molecule has 0 aliphatic carbocycles. The van der Waals surface area contributed by atoms with E-state index >= 15 is 0 Å². The van der Waals surface area contributed by atoms with Gasteiger partial charge in [-0.25, -0.2) is 13.4 Å². The lowest BCUT2D eigenvalue weighted by Gasteiger charge is -2.37. The average Bonchev–Trinajstić information content (AvgIpc) is 3.14. The second-order valence-electron chi connectivity index (χ2n) is 7.03. The summed E-state index contributed by atoms with van der Waals surface area (Å²) in [5.41, 5.74) is 0. The Kier molecular flexibility index (Phi) is 4.48. The molecule has 0 aromatic carbocycles. The van der Waals surface area contributed by atoms with Crippen LogP contribution in [0.3, 0.4) is 0 Å².